The second-order valence-electron chi connectivity index (χ2n) is 5.71. The van der Waals surface area contributed by atoms with Gasteiger partial charge in [-0.05, 0) is 32.0 Å². The molecule has 0 radical (unpaired) electrons. The zero-order valence-corrected chi connectivity index (χ0v) is 12.1. The van der Waals surface area contributed by atoms with Crippen molar-refractivity contribution in [3.8, 4) is 0 Å². The second-order valence-corrected chi connectivity index (χ2v) is 5.71. The molecule has 0 bridgehead atoms. The molecule has 0 spiro atoms. The minimum atomic E-state index is -0.744. The van der Waals surface area contributed by atoms with E-state index in [4.69, 9.17) is 4.74 Å². The van der Waals surface area contributed by atoms with Crippen LogP contribution in [0, 0.1) is 5.92 Å². The molecule has 0 amide bonds. The van der Waals surface area contributed by atoms with Gasteiger partial charge in [0.25, 0.3) is 0 Å². The monoisotopic (exact) mass is 279 g/mol. The fraction of sp³-hybridized carbons (Fsp3) is 0.625. The number of hydrogen-bond acceptors (Lipinski definition) is 4. The topological polar surface area (TPSA) is 52.9 Å². The van der Waals surface area contributed by atoms with Gasteiger partial charge >= 0.3 is 0 Å². The van der Waals surface area contributed by atoms with Gasteiger partial charge in [0, 0.05) is 12.5 Å². The van der Waals surface area contributed by atoms with Crippen LogP contribution in [0.3, 0.4) is 0 Å². The lowest BCUT2D eigenvalue weighted by Crippen LogP contribution is -2.48. The van der Waals surface area contributed by atoms with Crippen LogP contribution in [0.5, 0.6) is 0 Å². The lowest BCUT2D eigenvalue weighted by molar-refractivity contribution is -0.124. The van der Waals surface area contributed by atoms with E-state index in [9.17, 15) is 10.2 Å². The molecule has 3 atom stereocenters. The van der Waals surface area contributed by atoms with E-state index >= 15 is 0 Å². The molecule has 1 aliphatic rings. The van der Waals surface area contributed by atoms with Crippen molar-refractivity contribution >= 4 is 0 Å². The van der Waals surface area contributed by atoms with E-state index in [0.29, 0.717) is 6.61 Å². The Kier molecular flexibility index (Phi) is 5.98. The van der Waals surface area contributed by atoms with Crippen molar-refractivity contribution in [3.05, 3.63) is 35.9 Å². The van der Waals surface area contributed by atoms with Crippen LogP contribution in [0.2, 0.25) is 0 Å². The van der Waals surface area contributed by atoms with Crippen LogP contribution in [0.15, 0.2) is 30.3 Å². The molecule has 2 N–H and O–H groups in total. The maximum absolute atomic E-state index is 9.93. The molecule has 1 saturated heterocycles. The summed E-state index contributed by atoms with van der Waals surface area (Å²) in [6.07, 6.45) is 0.747. The fourth-order valence-corrected chi connectivity index (χ4v) is 2.70. The van der Waals surface area contributed by atoms with E-state index in [-0.39, 0.29) is 12.5 Å². The van der Waals surface area contributed by atoms with Gasteiger partial charge in [-0.25, -0.2) is 0 Å². The van der Waals surface area contributed by atoms with Crippen LogP contribution in [-0.2, 0) is 11.2 Å². The standard InChI is InChI=1S/C16H25NO3/c1-17(9-5-8-13-6-3-2-4-7-13)10-14-11-20-12-15(18)16(14)19/h2-4,6-7,14-16,18-19H,5,8-12H2,1H3/t14-,15-,16+/m1/s1. The van der Waals surface area contributed by atoms with Gasteiger partial charge in [0.1, 0.15) is 6.10 Å². The van der Waals surface area contributed by atoms with Crippen molar-refractivity contribution in [2.24, 2.45) is 5.92 Å². The predicted octanol–water partition coefficient (Wildman–Crippen LogP) is 0.919. The summed E-state index contributed by atoms with van der Waals surface area (Å²) < 4.78 is 5.30. The highest BCUT2D eigenvalue weighted by atomic mass is 16.5. The minimum Gasteiger partial charge on any atom is -0.390 e. The van der Waals surface area contributed by atoms with Crippen molar-refractivity contribution in [1.29, 1.82) is 0 Å². The largest absolute Gasteiger partial charge is 0.390 e. The maximum atomic E-state index is 9.93. The van der Waals surface area contributed by atoms with E-state index in [2.05, 4.69) is 36.2 Å². The third-order valence-electron chi connectivity index (χ3n) is 3.89. The van der Waals surface area contributed by atoms with Gasteiger partial charge < -0.3 is 19.8 Å². The number of aliphatic hydroxyl groups excluding tert-OH is 2. The van der Waals surface area contributed by atoms with Gasteiger partial charge in [-0.3, -0.25) is 0 Å². The Morgan fingerprint density at radius 3 is 2.70 bits per heavy atom. The molecule has 4 nitrogen and oxygen atoms in total. The van der Waals surface area contributed by atoms with Crippen LogP contribution in [-0.4, -0.2) is 60.7 Å². The zero-order chi connectivity index (χ0) is 14.4. The molecule has 2 rings (SSSR count). The quantitative estimate of drug-likeness (QED) is 0.813. The SMILES string of the molecule is CN(CCCc1ccccc1)C[C@@H]1COC[C@@H](O)[C@H]1O. The number of aryl methyl sites for hydroxylation is 1. The molecule has 1 fully saturated rings. The molecule has 1 aromatic carbocycles. The third-order valence-corrected chi connectivity index (χ3v) is 3.89. The average molecular weight is 279 g/mol. The number of hydrogen-bond donors (Lipinski definition) is 2. The summed E-state index contributed by atoms with van der Waals surface area (Å²) in [7, 11) is 2.05. The Hall–Kier alpha value is -0.940. The predicted molar refractivity (Wildman–Crippen MR) is 78.6 cm³/mol. The van der Waals surface area contributed by atoms with Gasteiger partial charge in [0.05, 0.1) is 19.3 Å². The van der Waals surface area contributed by atoms with E-state index in [1.54, 1.807) is 0 Å². The lowest BCUT2D eigenvalue weighted by Gasteiger charge is -2.34. The van der Waals surface area contributed by atoms with Crippen LogP contribution < -0.4 is 0 Å². The first kappa shape index (κ1) is 15.4. The van der Waals surface area contributed by atoms with Crippen molar-refractivity contribution in [2.45, 2.75) is 25.0 Å². The summed E-state index contributed by atoms with van der Waals surface area (Å²) in [6, 6.07) is 10.5. The Balaban J connectivity index is 1.68. The highest BCUT2D eigenvalue weighted by Gasteiger charge is 2.31. The summed E-state index contributed by atoms with van der Waals surface area (Å²) in [5, 5.41) is 19.5. The molecule has 4 heteroatoms. The van der Waals surface area contributed by atoms with Gasteiger partial charge in [-0.2, -0.15) is 0 Å². The Bertz CT molecular complexity index is 385. The van der Waals surface area contributed by atoms with E-state index in [1.165, 1.54) is 5.56 Å². The smallest absolute Gasteiger partial charge is 0.104 e. The summed E-state index contributed by atoms with van der Waals surface area (Å²) in [4.78, 5) is 2.21. The number of nitrogens with zero attached hydrogens (tertiary/aromatic N) is 1. The number of rotatable bonds is 6. The third kappa shape index (κ3) is 4.56. The second kappa shape index (κ2) is 7.74. The molecule has 0 saturated carbocycles. The Morgan fingerprint density at radius 1 is 1.20 bits per heavy atom. The summed E-state index contributed by atoms with van der Waals surface area (Å²) in [5.41, 5.74) is 1.36. The van der Waals surface area contributed by atoms with Crippen molar-refractivity contribution in [3.63, 3.8) is 0 Å². The molecule has 0 aromatic heterocycles. The first-order chi connectivity index (χ1) is 9.66. The lowest BCUT2D eigenvalue weighted by atomic mass is 9.96. The van der Waals surface area contributed by atoms with Crippen molar-refractivity contribution in [1.82, 2.24) is 4.90 Å². The molecule has 1 aliphatic heterocycles. The van der Waals surface area contributed by atoms with Gasteiger partial charge in [0.15, 0.2) is 0 Å². The number of ether oxygens (including phenoxy) is 1. The van der Waals surface area contributed by atoms with Crippen LogP contribution in [0.4, 0.5) is 0 Å². The molecular weight excluding hydrogens is 254 g/mol. The highest BCUT2D eigenvalue weighted by Crippen LogP contribution is 2.16. The molecular formula is C16H25NO3. The molecule has 0 aliphatic carbocycles. The molecule has 20 heavy (non-hydrogen) atoms. The Labute approximate surface area is 121 Å². The summed E-state index contributed by atoms with van der Waals surface area (Å²) in [6.45, 7) is 2.51. The van der Waals surface area contributed by atoms with Gasteiger partial charge in [-0.1, -0.05) is 30.3 Å². The minimum absolute atomic E-state index is 0.000440. The van der Waals surface area contributed by atoms with Crippen LogP contribution in [0.25, 0.3) is 0 Å². The van der Waals surface area contributed by atoms with Gasteiger partial charge in [0.2, 0.25) is 0 Å². The molecule has 1 heterocycles. The summed E-state index contributed by atoms with van der Waals surface area (Å²) in [5.74, 6) is 0.000440. The normalized spacial score (nSPS) is 26.9. The Morgan fingerprint density at radius 2 is 1.95 bits per heavy atom. The van der Waals surface area contributed by atoms with E-state index in [1.807, 2.05) is 6.07 Å². The average Bonchev–Trinajstić information content (AvgIpc) is 2.45. The summed E-state index contributed by atoms with van der Waals surface area (Å²) >= 11 is 0. The zero-order valence-electron chi connectivity index (χ0n) is 12.1. The maximum Gasteiger partial charge on any atom is 0.104 e. The molecule has 112 valence electrons. The van der Waals surface area contributed by atoms with Crippen molar-refractivity contribution < 1.29 is 14.9 Å². The van der Waals surface area contributed by atoms with E-state index in [0.717, 1.165) is 25.9 Å². The van der Waals surface area contributed by atoms with Gasteiger partial charge in [-0.15, -0.1) is 0 Å². The first-order valence-corrected chi connectivity index (χ1v) is 7.33. The van der Waals surface area contributed by atoms with Crippen LogP contribution in [0.1, 0.15) is 12.0 Å². The van der Waals surface area contributed by atoms with Crippen LogP contribution >= 0.6 is 0 Å². The molecule has 0 unspecified atom stereocenters. The number of benzene rings is 1. The van der Waals surface area contributed by atoms with E-state index < -0.39 is 12.2 Å². The fourth-order valence-electron chi connectivity index (χ4n) is 2.70. The number of aliphatic hydroxyl groups is 2. The highest BCUT2D eigenvalue weighted by molar-refractivity contribution is 5.14. The molecule has 1 aromatic rings. The first-order valence-electron chi connectivity index (χ1n) is 7.33. The van der Waals surface area contributed by atoms with Crippen molar-refractivity contribution in [2.75, 3.05) is 33.4 Å².